The van der Waals surface area contributed by atoms with E-state index in [1.54, 1.807) is 18.4 Å². The van der Waals surface area contributed by atoms with E-state index in [1.165, 1.54) is 0 Å². The summed E-state index contributed by atoms with van der Waals surface area (Å²) in [6, 6.07) is 7.91. The van der Waals surface area contributed by atoms with Gasteiger partial charge in [0.2, 0.25) is 5.88 Å². The molecule has 0 saturated heterocycles. The van der Waals surface area contributed by atoms with Crippen LogP contribution >= 0.6 is 11.3 Å². The molecule has 2 heterocycles. The number of imidazole rings is 1. The predicted molar refractivity (Wildman–Crippen MR) is 84.6 cm³/mol. The molecule has 110 valence electrons. The molecular weight excluding hydrogens is 286 g/mol. The maximum Gasteiger partial charge on any atom is 0.238 e. The number of anilines is 1. The van der Waals surface area contributed by atoms with Crippen LogP contribution in [0.4, 0.5) is 5.69 Å². The van der Waals surface area contributed by atoms with Crippen LogP contribution in [0.5, 0.6) is 11.6 Å². The average Bonchev–Trinajstić information content (AvgIpc) is 3.07. The van der Waals surface area contributed by atoms with Crippen LogP contribution < -0.4 is 14.8 Å². The molecule has 0 unspecified atom stereocenters. The van der Waals surface area contributed by atoms with Crippen molar-refractivity contribution in [1.82, 2.24) is 9.38 Å². The van der Waals surface area contributed by atoms with Crippen LogP contribution in [0.25, 0.3) is 4.96 Å². The molecule has 0 bridgehead atoms. The highest BCUT2D eigenvalue weighted by molar-refractivity contribution is 7.15. The van der Waals surface area contributed by atoms with Crippen molar-refractivity contribution >= 4 is 22.0 Å². The average molecular weight is 303 g/mol. The van der Waals surface area contributed by atoms with Crippen LogP contribution in [0, 0.1) is 0 Å². The summed E-state index contributed by atoms with van der Waals surface area (Å²) in [7, 11) is 1.64. The first-order valence-corrected chi connectivity index (χ1v) is 7.65. The molecule has 6 heteroatoms. The first kappa shape index (κ1) is 13.8. The van der Waals surface area contributed by atoms with Crippen molar-refractivity contribution in [3.8, 4) is 11.6 Å². The van der Waals surface area contributed by atoms with Crippen LogP contribution in [0.1, 0.15) is 12.6 Å². The lowest BCUT2D eigenvalue weighted by molar-refractivity contribution is 0.341. The topological polar surface area (TPSA) is 47.8 Å². The Morgan fingerprint density at radius 1 is 1.33 bits per heavy atom. The van der Waals surface area contributed by atoms with Crippen molar-refractivity contribution in [2.75, 3.05) is 19.0 Å². The lowest BCUT2D eigenvalue weighted by Gasteiger charge is -2.12. The van der Waals surface area contributed by atoms with E-state index in [4.69, 9.17) is 9.47 Å². The number of nitrogens with zero attached hydrogens (tertiary/aromatic N) is 2. The Morgan fingerprint density at radius 3 is 3.00 bits per heavy atom. The summed E-state index contributed by atoms with van der Waals surface area (Å²) >= 11 is 1.59. The highest BCUT2D eigenvalue weighted by Crippen LogP contribution is 2.27. The van der Waals surface area contributed by atoms with Gasteiger partial charge in [-0.05, 0) is 19.1 Å². The molecule has 21 heavy (non-hydrogen) atoms. The van der Waals surface area contributed by atoms with Crippen molar-refractivity contribution in [3.05, 3.63) is 41.5 Å². The Balaban J connectivity index is 1.84. The SMILES string of the molecule is CCOc1ccccc1NCc1c(OC)nc2sccn12. The van der Waals surface area contributed by atoms with Gasteiger partial charge in [0.05, 0.1) is 25.9 Å². The lowest BCUT2D eigenvalue weighted by Crippen LogP contribution is -2.05. The summed E-state index contributed by atoms with van der Waals surface area (Å²) in [6.45, 7) is 3.24. The molecule has 1 N–H and O–H groups in total. The summed E-state index contributed by atoms with van der Waals surface area (Å²) in [4.78, 5) is 5.38. The van der Waals surface area contributed by atoms with E-state index < -0.39 is 0 Å². The molecule has 0 aliphatic rings. The molecular formula is C15H17N3O2S. The quantitative estimate of drug-likeness (QED) is 0.758. The van der Waals surface area contributed by atoms with Gasteiger partial charge in [0.15, 0.2) is 4.96 Å². The molecule has 3 aromatic rings. The van der Waals surface area contributed by atoms with Gasteiger partial charge in [0, 0.05) is 11.6 Å². The van der Waals surface area contributed by atoms with Gasteiger partial charge < -0.3 is 14.8 Å². The Morgan fingerprint density at radius 2 is 2.19 bits per heavy atom. The van der Waals surface area contributed by atoms with Gasteiger partial charge in [-0.3, -0.25) is 4.40 Å². The van der Waals surface area contributed by atoms with Gasteiger partial charge in [0.1, 0.15) is 11.4 Å². The number of ether oxygens (including phenoxy) is 2. The molecule has 0 fully saturated rings. The van der Waals surface area contributed by atoms with E-state index in [1.807, 2.05) is 47.2 Å². The molecule has 0 radical (unpaired) electrons. The van der Waals surface area contributed by atoms with E-state index in [0.29, 0.717) is 19.0 Å². The second kappa shape index (κ2) is 6.05. The van der Waals surface area contributed by atoms with Gasteiger partial charge in [-0.15, -0.1) is 11.3 Å². The summed E-state index contributed by atoms with van der Waals surface area (Å²) in [5.74, 6) is 1.51. The number of nitrogens with one attached hydrogen (secondary N) is 1. The van der Waals surface area contributed by atoms with E-state index in [0.717, 1.165) is 22.1 Å². The standard InChI is InChI=1S/C15H17N3O2S/c1-3-20-13-7-5-4-6-11(13)16-10-12-14(19-2)17-15-18(12)8-9-21-15/h4-9,16H,3,10H2,1-2H3. The maximum atomic E-state index is 5.62. The molecule has 3 rings (SSSR count). The summed E-state index contributed by atoms with van der Waals surface area (Å²) in [5, 5.41) is 5.41. The van der Waals surface area contributed by atoms with Crippen molar-refractivity contribution in [2.45, 2.75) is 13.5 Å². The Kier molecular flexibility index (Phi) is 3.96. The fraction of sp³-hybridized carbons (Fsp3) is 0.267. The van der Waals surface area contributed by atoms with E-state index >= 15 is 0 Å². The molecule has 2 aromatic heterocycles. The van der Waals surface area contributed by atoms with Crippen LogP contribution in [-0.4, -0.2) is 23.1 Å². The minimum atomic E-state index is 0.616. The third-order valence-corrected chi connectivity index (χ3v) is 3.91. The molecule has 0 atom stereocenters. The zero-order valence-corrected chi connectivity index (χ0v) is 12.8. The predicted octanol–water partition coefficient (Wildman–Crippen LogP) is 3.42. The van der Waals surface area contributed by atoms with E-state index in [9.17, 15) is 0 Å². The number of aromatic nitrogens is 2. The number of hydrogen-bond donors (Lipinski definition) is 1. The Bertz CT molecular complexity index is 735. The zero-order chi connectivity index (χ0) is 14.7. The molecule has 0 amide bonds. The summed E-state index contributed by atoms with van der Waals surface area (Å²) < 4.78 is 13.0. The normalized spacial score (nSPS) is 10.8. The van der Waals surface area contributed by atoms with Crippen LogP contribution in [0.3, 0.4) is 0 Å². The van der Waals surface area contributed by atoms with Gasteiger partial charge in [-0.1, -0.05) is 12.1 Å². The highest BCUT2D eigenvalue weighted by Gasteiger charge is 2.14. The number of para-hydroxylation sites is 2. The fourth-order valence-electron chi connectivity index (χ4n) is 2.21. The number of fused-ring (bicyclic) bond motifs is 1. The number of thiazole rings is 1. The van der Waals surface area contributed by atoms with Crippen LogP contribution in [-0.2, 0) is 6.54 Å². The Hall–Kier alpha value is -2.21. The minimum Gasteiger partial charge on any atom is -0.492 e. The summed E-state index contributed by atoms with van der Waals surface area (Å²) in [6.07, 6.45) is 2.00. The van der Waals surface area contributed by atoms with Gasteiger partial charge in [0.25, 0.3) is 0 Å². The maximum absolute atomic E-state index is 5.62. The van der Waals surface area contributed by atoms with Gasteiger partial charge >= 0.3 is 0 Å². The van der Waals surface area contributed by atoms with Gasteiger partial charge in [-0.2, -0.15) is 4.98 Å². The number of hydrogen-bond acceptors (Lipinski definition) is 5. The molecule has 0 saturated carbocycles. The zero-order valence-electron chi connectivity index (χ0n) is 12.0. The molecule has 0 aliphatic carbocycles. The Labute approximate surface area is 127 Å². The van der Waals surface area contributed by atoms with E-state index in [2.05, 4.69) is 10.3 Å². The molecule has 0 aliphatic heterocycles. The lowest BCUT2D eigenvalue weighted by atomic mass is 10.3. The third-order valence-electron chi connectivity index (χ3n) is 3.15. The van der Waals surface area contributed by atoms with Crippen LogP contribution in [0.2, 0.25) is 0 Å². The highest BCUT2D eigenvalue weighted by atomic mass is 32.1. The van der Waals surface area contributed by atoms with E-state index in [-0.39, 0.29) is 0 Å². The minimum absolute atomic E-state index is 0.616. The monoisotopic (exact) mass is 303 g/mol. The number of benzene rings is 1. The number of methoxy groups -OCH3 is 1. The summed E-state index contributed by atoms with van der Waals surface area (Å²) in [5.41, 5.74) is 1.96. The van der Waals surface area contributed by atoms with Crippen molar-refractivity contribution in [2.24, 2.45) is 0 Å². The van der Waals surface area contributed by atoms with Crippen molar-refractivity contribution < 1.29 is 9.47 Å². The van der Waals surface area contributed by atoms with Crippen molar-refractivity contribution in [3.63, 3.8) is 0 Å². The second-order valence-corrected chi connectivity index (χ2v) is 5.28. The van der Waals surface area contributed by atoms with Crippen molar-refractivity contribution in [1.29, 1.82) is 0 Å². The second-order valence-electron chi connectivity index (χ2n) is 4.41. The van der Waals surface area contributed by atoms with Crippen LogP contribution in [0.15, 0.2) is 35.8 Å². The number of rotatable bonds is 6. The first-order chi connectivity index (χ1) is 10.3. The fourth-order valence-corrected chi connectivity index (χ4v) is 2.93. The smallest absolute Gasteiger partial charge is 0.238 e. The van der Waals surface area contributed by atoms with Gasteiger partial charge in [-0.25, -0.2) is 0 Å². The molecule has 1 aromatic carbocycles. The molecule has 0 spiro atoms. The third kappa shape index (κ3) is 2.67. The largest absolute Gasteiger partial charge is 0.492 e. The first-order valence-electron chi connectivity index (χ1n) is 6.77. The molecule has 5 nitrogen and oxygen atoms in total.